The number of nitrogens with one attached hydrogen (secondary N) is 2. The number of amides is 1. The van der Waals surface area contributed by atoms with Crippen molar-refractivity contribution in [2.45, 2.75) is 11.3 Å². The standard InChI is InChI=1S/C20H15Cl3N2O3S/c21-14-2-1-3-17(11-14)25-29(27,28)18-8-6-16(7-9-18)24-20(26)10-13-4-5-15(22)12-19(13)23/h1-9,11-12,25H,10H2,(H,24,26). The summed E-state index contributed by atoms with van der Waals surface area (Å²) in [5.41, 5.74) is 1.45. The van der Waals surface area contributed by atoms with Crippen LogP contribution in [0.1, 0.15) is 5.56 Å². The lowest BCUT2D eigenvalue weighted by atomic mass is 10.1. The van der Waals surface area contributed by atoms with E-state index < -0.39 is 10.0 Å². The Balaban J connectivity index is 1.67. The van der Waals surface area contributed by atoms with Gasteiger partial charge < -0.3 is 5.32 Å². The summed E-state index contributed by atoms with van der Waals surface area (Å²) in [7, 11) is -3.78. The number of rotatable bonds is 6. The fraction of sp³-hybridized carbons (Fsp3) is 0.0500. The van der Waals surface area contributed by atoms with Gasteiger partial charge in [-0.1, -0.05) is 46.9 Å². The van der Waals surface area contributed by atoms with Crippen molar-refractivity contribution in [1.29, 1.82) is 0 Å². The maximum atomic E-state index is 12.5. The van der Waals surface area contributed by atoms with Gasteiger partial charge >= 0.3 is 0 Å². The Morgan fingerprint density at radius 3 is 2.17 bits per heavy atom. The minimum absolute atomic E-state index is 0.0521. The molecule has 3 aromatic rings. The van der Waals surface area contributed by atoms with Crippen LogP contribution >= 0.6 is 34.8 Å². The van der Waals surface area contributed by atoms with E-state index in [4.69, 9.17) is 34.8 Å². The van der Waals surface area contributed by atoms with Gasteiger partial charge in [0.2, 0.25) is 5.91 Å². The van der Waals surface area contributed by atoms with E-state index in [0.29, 0.717) is 32.0 Å². The lowest BCUT2D eigenvalue weighted by Crippen LogP contribution is -2.15. The quantitative estimate of drug-likeness (QED) is 0.491. The molecule has 3 rings (SSSR count). The summed E-state index contributed by atoms with van der Waals surface area (Å²) < 4.78 is 27.4. The number of sulfonamides is 1. The Hall–Kier alpha value is -2.25. The highest BCUT2D eigenvalue weighted by molar-refractivity contribution is 7.92. The van der Waals surface area contributed by atoms with Gasteiger partial charge in [-0.15, -0.1) is 0 Å². The average molecular weight is 470 g/mol. The average Bonchev–Trinajstić information content (AvgIpc) is 2.64. The molecule has 150 valence electrons. The zero-order chi connectivity index (χ0) is 21.0. The van der Waals surface area contributed by atoms with Crippen LogP contribution in [0.5, 0.6) is 0 Å². The first kappa shape index (κ1) is 21.5. The van der Waals surface area contributed by atoms with E-state index in [1.165, 1.54) is 30.3 Å². The first-order valence-electron chi connectivity index (χ1n) is 8.35. The van der Waals surface area contributed by atoms with Gasteiger partial charge in [0.05, 0.1) is 17.0 Å². The van der Waals surface area contributed by atoms with Crippen LogP contribution in [0.25, 0.3) is 0 Å². The highest BCUT2D eigenvalue weighted by Gasteiger charge is 2.15. The number of halogens is 3. The zero-order valence-electron chi connectivity index (χ0n) is 14.8. The topological polar surface area (TPSA) is 75.3 Å². The number of hydrogen-bond acceptors (Lipinski definition) is 3. The molecule has 0 radical (unpaired) electrons. The van der Waals surface area contributed by atoms with Crippen molar-refractivity contribution in [3.63, 3.8) is 0 Å². The van der Waals surface area contributed by atoms with Gasteiger partial charge in [0, 0.05) is 20.8 Å². The third kappa shape index (κ3) is 5.87. The van der Waals surface area contributed by atoms with Crippen LogP contribution in [-0.4, -0.2) is 14.3 Å². The van der Waals surface area contributed by atoms with E-state index in [-0.39, 0.29) is 17.2 Å². The summed E-state index contributed by atoms with van der Waals surface area (Å²) in [4.78, 5) is 12.3. The van der Waals surface area contributed by atoms with Gasteiger partial charge in [0.1, 0.15) is 0 Å². The van der Waals surface area contributed by atoms with Crippen molar-refractivity contribution in [3.05, 3.63) is 87.4 Å². The van der Waals surface area contributed by atoms with Crippen molar-refractivity contribution < 1.29 is 13.2 Å². The highest BCUT2D eigenvalue weighted by atomic mass is 35.5. The van der Waals surface area contributed by atoms with Gasteiger partial charge in [-0.05, 0) is 60.2 Å². The Bertz CT molecular complexity index is 1150. The van der Waals surface area contributed by atoms with Crippen LogP contribution in [0.2, 0.25) is 15.1 Å². The van der Waals surface area contributed by atoms with Crippen molar-refractivity contribution in [1.82, 2.24) is 0 Å². The molecule has 5 nitrogen and oxygen atoms in total. The SMILES string of the molecule is O=C(Cc1ccc(Cl)cc1Cl)Nc1ccc(S(=O)(=O)Nc2cccc(Cl)c2)cc1. The summed E-state index contributed by atoms with van der Waals surface area (Å²) in [6, 6.07) is 17.1. The Kier molecular flexibility index (Phi) is 6.70. The summed E-state index contributed by atoms with van der Waals surface area (Å²) >= 11 is 17.8. The third-order valence-electron chi connectivity index (χ3n) is 3.89. The Morgan fingerprint density at radius 1 is 0.828 bits per heavy atom. The minimum atomic E-state index is -3.78. The first-order valence-corrected chi connectivity index (χ1v) is 11.0. The van der Waals surface area contributed by atoms with Crippen LogP contribution in [0.15, 0.2) is 71.6 Å². The largest absolute Gasteiger partial charge is 0.326 e. The van der Waals surface area contributed by atoms with Crippen LogP contribution in [0.4, 0.5) is 11.4 Å². The molecule has 0 aromatic heterocycles. The molecule has 0 fully saturated rings. The number of anilines is 2. The van der Waals surface area contributed by atoms with E-state index >= 15 is 0 Å². The minimum Gasteiger partial charge on any atom is -0.326 e. The molecule has 0 spiro atoms. The van der Waals surface area contributed by atoms with Crippen molar-refractivity contribution in [2.75, 3.05) is 10.0 Å². The smallest absolute Gasteiger partial charge is 0.261 e. The highest BCUT2D eigenvalue weighted by Crippen LogP contribution is 2.23. The molecule has 9 heteroatoms. The maximum absolute atomic E-state index is 12.5. The van der Waals surface area contributed by atoms with Crippen LogP contribution in [0, 0.1) is 0 Å². The van der Waals surface area contributed by atoms with Gasteiger partial charge in [-0.3, -0.25) is 9.52 Å². The van der Waals surface area contributed by atoms with E-state index in [2.05, 4.69) is 10.0 Å². The number of carbonyl (C=O) groups excluding carboxylic acids is 1. The molecule has 0 saturated carbocycles. The number of benzene rings is 3. The number of hydrogen-bond donors (Lipinski definition) is 2. The second kappa shape index (κ2) is 9.05. The summed E-state index contributed by atoms with van der Waals surface area (Å²) in [5, 5.41) is 4.02. The summed E-state index contributed by atoms with van der Waals surface area (Å²) in [6.45, 7) is 0. The maximum Gasteiger partial charge on any atom is 0.261 e. The van der Waals surface area contributed by atoms with Crippen LogP contribution in [0.3, 0.4) is 0 Å². The summed E-state index contributed by atoms with van der Waals surface area (Å²) in [6.07, 6.45) is 0.0619. The molecular formula is C20H15Cl3N2O3S. The number of carbonyl (C=O) groups is 1. The van der Waals surface area contributed by atoms with Crippen molar-refractivity contribution >= 4 is 62.1 Å². The lowest BCUT2D eigenvalue weighted by Gasteiger charge is -2.10. The van der Waals surface area contributed by atoms with Gasteiger partial charge in [-0.2, -0.15) is 0 Å². The molecule has 0 saturated heterocycles. The Labute approximate surface area is 183 Å². The molecule has 2 N–H and O–H groups in total. The van der Waals surface area contributed by atoms with Crippen molar-refractivity contribution in [2.24, 2.45) is 0 Å². The molecule has 29 heavy (non-hydrogen) atoms. The van der Waals surface area contributed by atoms with E-state index in [9.17, 15) is 13.2 Å². The predicted octanol–water partition coefficient (Wildman–Crippen LogP) is 5.63. The normalized spacial score (nSPS) is 11.1. The van der Waals surface area contributed by atoms with Gasteiger partial charge in [0.15, 0.2) is 0 Å². The van der Waals surface area contributed by atoms with Gasteiger partial charge in [-0.25, -0.2) is 8.42 Å². The predicted molar refractivity (Wildman–Crippen MR) is 117 cm³/mol. The molecule has 0 aliphatic rings. The van der Waals surface area contributed by atoms with E-state index in [1.54, 1.807) is 36.4 Å². The molecule has 0 bridgehead atoms. The lowest BCUT2D eigenvalue weighted by molar-refractivity contribution is -0.115. The molecule has 0 heterocycles. The second-order valence-corrected chi connectivity index (χ2v) is 9.06. The molecule has 0 aliphatic carbocycles. The molecular weight excluding hydrogens is 455 g/mol. The summed E-state index contributed by atoms with van der Waals surface area (Å²) in [5.74, 6) is -0.290. The second-order valence-electron chi connectivity index (χ2n) is 6.10. The van der Waals surface area contributed by atoms with Crippen LogP contribution < -0.4 is 10.0 Å². The van der Waals surface area contributed by atoms with Gasteiger partial charge in [0.25, 0.3) is 10.0 Å². The fourth-order valence-electron chi connectivity index (χ4n) is 2.53. The van der Waals surface area contributed by atoms with Crippen LogP contribution in [-0.2, 0) is 21.2 Å². The molecule has 0 aliphatic heterocycles. The zero-order valence-corrected chi connectivity index (χ0v) is 17.9. The fourth-order valence-corrected chi connectivity index (χ4v) is 4.24. The van der Waals surface area contributed by atoms with E-state index in [1.807, 2.05) is 0 Å². The molecule has 0 atom stereocenters. The van der Waals surface area contributed by atoms with E-state index in [0.717, 1.165) is 0 Å². The first-order chi connectivity index (χ1) is 13.7. The van der Waals surface area contributed by atoms with Crippen molar-refractivity contribution in [3.8, 4) is 0 Å². The third-order valence-corrected chi connectivity index (χ3v) is 6.11. The molecule has 1 amide bonds. The monoisotopic (exact) mass is 468 g/mol. The molecule has 0 unspecified atom stereocenters. The Morgan fingerprint density at radius 2 is 1.52 bits per heavy atom. The molecule has 3 aromatic carbocycles.